The number of hydrogen-bond acceptors (Lipinski definition) is 6. The van der Waals surface area contributed by atoms with Crippen molar-refractivity contribution in [1.29, 1.82) is 0 Å². The molecule has 1 fully saturated rings. The summed E-state index contributed by atoms with van der Waals surface area (Å²) in [4.78, 5) is 41.5. The van der Waals surface area contributed by atoms with Crippen LogP contribution in [0.4, 0.5) is 14.9 Å². The Bertz CT molecular complexity index is 1360. The van der Waals surface area contributed by atoms with Gasteiger partial charge in [-0.2, -0.15) is 0 Å². The van der Waals surface area contributed by atoms with Gasteiger partial charge in [0.1, 0.15) is 30.3 Å². The second-order valence-electron chi connectivity index (χ2n) is 9.37. The SMILES string of the molecule is COCCOCCOc1ccc([C@H]2NC(=O)N(C(C(=O)Nc3ccc(I)cc3F)C(C)c3ccccc3)C2=O)cc1. The number of rotatable bonds is 13. The highest BCUT2D eigenvalue weighted by molar-refractivity contribution is 14.1. The molecule has 1 heterocycles. The summed E-state index contributed by atoms with van der Waals surface area (Å²) in [5.41, 5.74) is 1.24. The molecule has 0 saturated carbocycles. The van der Waals surface area contributed by atoms with Crippen LogP contribution in [0.2, 0.25) is 0 Å². The first-order valence-electron chi connectivity index (χ1n) is 13.0. The smallest absolute Gasteiger partial charge is 0.325 e. The van der Waals surface area contributed by atoms with Crippen LogP contribution in [0, 0.1) is 9.39 Å². The average molecular weight is 675 g/mol. The van der Waals surface area contributed by atoms with Crippen molar-refractivity contribution in [1.82, 2.24) is 10.2 Å². The number of nitrogens with zero attached hydrogens (tertiary/aromatic N) is 1. The second-order valence-corrected chi connectivity index (χ2v) is 10.6. The number of nitrogens with one attached hydrogen (secondary N) is 2. The van der Waals surface area contributed by atoms with Crippen molar-refractivity contribution >= 4 is 46.1 Å². The third kappa shape index (κ3) is 7.60. The highest BCUT2D eigenvalue weighted by Crippen LogP contribution is 2.32. The van der Waals surface area contributed by atoms with Crippen molar-refractivity contribution in [3.8, 4) is 5.75 Å². The number of methoxy groups -OCH3 is 1. The monoisotopic (exact) mass is 675 g/mol. The van der Waals surface area contributed by atoms with E-state index in [1.54, 1.807) is 44.4 Å². The van der Waals surface area contributed by atoms with Gasteiger partial charge in [-0.15, -0.1) is 0 Å². The van der Waals surface area contributed by atoms with Crippen molar-refractivity contribution in [2.24, 2.45) is 0 Å². The number of urea groups is 1. The van der Waals surface area contributed by atoms with Gasteiger partial charge < -0.3 is 24.8 Å². The fraction of sp³-hybridized carbons (Fsp3) is 0.300. The minimum Gasteiger partial charge on any atom is -0.491 e. The van der Waals surface area contributed by atoms with Gasteiger partial charge in [-0.3, -0.25) is 9.59 Å². The highest BCUT2D eigenvalue weighted by atomic mass is 127. The summed E-state index contributed by atoms with van der Waals surface area (Å²) < 4.78 is 31.2. The van der Waals surface area contributed by atoms with Crippen LogP contribution in [0.25, 0.3) is 0 Å². The summed E-state index contributed by atoms with van der Waals surface area (Å²) >= 11 is 1.97. The topological polar surface area (TPSA) is 106 Å². The Morgan fingerprint density at radius 3 is 2.41 bits per heavy atom. The summed E-state index contributed by atoms with van der Waals surface area (Å²) in [6.07, 6.45) is 0. The Hall–Kier alpha value is -3.55. The molecule has 2 N–H and O–H groups in total. The minimum atomic E-state index is -1.24. The quantitative estimate of drug-likeness (QED) is 0.152. The Morgan fingerprint density at radius 2 is 1.73 bits per heavy atom. The lowest BCUT2D eigenvalue weighted by Gasteiger charge is -2.30. The molecule has 0 aromatic heterocycles. The number of carbonyl (C=O) groups is 3. The molecule has 1 saturated heterocycles. The summed E-state index contributed by atoms with van der Waals surface area (Å²) in [6.45, 7) is 3.46. The Kier molecular flexibility index (Phi) is 10.7. The van der Waals surface area contributed by atoms with E-state index in [4.69, 9.17) is 14.2 Å². The highest BCUT2D eigenvalue weighted by Gasteiger charge is 2.47. The van der Waals surface area contributed by atoms with Crippen molar-refractivity contribution in [2.75, 3.05) is 38.9 Å². The lowest BCUT2D eigenvalue weighted by Crippen LogP contribution is -2.50. The van der Waals surface area contributed by atoms with E-state index in [1.807, 2.05) is 52.9 Å². The standard InChI is InChI=1S/C30H31FIN3O6/c1-19(20-6-4-3-5-7-20)27(28(36)33-25-13-10-22(32)18-24(25)31)35-29(37)26(34-30(35)38)21-8-11-23(12-9-21)41-17-16-40-15-14-39-2/h3-13,18-19,26-27H,14-17H2,1-2H3,(H,33,36)(H,34,38)/t19?,26-,27?/m1/s1. The van der Waals surface area contributed by atoms with Crippen LogP contribution in [0.5, 0.6) is 5.75 Å². The summed E-state index contributed by atoms with van der Waals surface area (Å²) in [5, 5.41) is 5.27. The lowest BCUT2D eigenvalue weighted by molar-refractivity contribution is -0.134. The summed E-state index contributed by atoms with van der Waals surface area (Å²) in [7, 11) is 1.60. The molecular formula is C30H31FIN3O6. The maximum absolute atomic E-state index is 14.6. The lowest BCUT2D eigenvalue weighted by atomic mass is 9.91. The van der Waals surface area contributed by atoms with Gasteiger partial charge >= 0.3 is 6.03 Å². The van der Waals surface area contributed by atoms with Crippen LogP contribution in [0.15, 0.2) is 72.8 Å². The van der Waals surface area contributed by atoms with Gasteiger partial charge in [0.25, 0.3) is 5.91 Å². The molecule has 1 aliphatic rings. The normalized spacial score (nSPS) is 16.3. The first-order chi connectivity index (χ1) is 19.8. The number of carbonyl (C=O) groups excluding carboxylic acids is 3. The van der Waals surface area contributed by atoms with Crippen LogP contribution in [-0.4, -0.2) is 62.3 Å². The molecular weight excluding hydrogens is 644 g/mol. The molecule has 0 aliphatic carbocycles. The zero-order valence-corrected chi connectivity index (χ0v) is 24.8. The van der Waals surface area contributed by atoms with Crippen molar-refractivity contribution in [3.05, 3.63) is 93.3 Å². The van der Waals surface area contributed by atoms with Crippen molar-refractivity contribution in [2.45, 2.75) is 24.9 Å². The Morgan fingerprint density at radius 1 is 1.02 bits per heavy atom. The van der Waals surface area contributed by atoms with E-state index >= 15 is 0 Å². The van der Waals surface area contributed by atoms with Crippen LogP contribution in [-0.2, 0) is 19.1 Å². The maximum Gasteiger partial charge on any atom is 0.325 e. The summed E-state index contributed by atoms with van der Waals surface area (Å²) in [6, 6.07) is 17.3. The Balaban J connectivity index is 1.52. The predicted molar refractivity (Wildman–Crippen MR) is 159 cm³/mol. The number of anilines is 1. The molecule has 216 valence electrons. The molecule has 0 spiro atoms. The second kappa shape index (κ2) is 14.4. The van der Waals surface area contributed by atoms with Crippen molar-refractivity contribution in [3.63, 3.8) is 0 Å². The van der Waals surface area contributed by atoms with Crippen LogP contribution in [0.3, 0.4) is 0 Å². The van der Waals surface area contributed by atoms with Gasteiger partial charge in [0.2, 0.25) is 5.91 Å². The maximum atomic E-state index is 14.6. The molecule has 3 aromatic rings. The molecule has 0 radical (unpaired) electrons. The number of halogens is 2. The summed E-state index contributed by atoms with van der Waals surface area (Å²) in [5.74, 6) is -1.88. The fourth-order valence-corrected chi connectivity index (χ4v) is 4.96. The number of benzene rings is 3. The fourth-order valence-electron chi connectivity index (χ4n) is 4.51. The first-order valence-corrected chi connectivity index (χ1v) is 14.1. The number of amides is 4. The molecule has 4 amide bonds. The van der Waals surface area contributed by atoms with E-state index in [-0.39, 0.29) is 5.69 Å². The van der Waals surface area contributed by atoms with Crippen LogP contribution >= 0.6 is 22.6 Å². The average Bonchev–Trinajstić information content (AvgIpc) is 3.26. The number of hydrogen-bond donors (Lipinski definition) is 2. The van der Waals surface area contributed by atoms with Gasteiger partial charge in [0.05, 0.1) is 25.5 Å². The van der Waals surface area contributed by atoms with E-state index in [0.29, 0.717) is 41.3 Å². The van der Waals surface area contributed by atoms with E-state index in [0.717, 1.165) is 10.5 Å². The Labute approximate surface area is 251 Å². The molecule has 3 atom stereocenters. The van der Waals surface area contributed by atoms with E-state index in [9.17, 15) is 18.8 Å². The van der Waals surface area contributed by atoms with Gasteiger partial charge in [0, 0.05) is 16.6 Å². The van der Waals surface area contributed by atoms with Crippen LogP contribution < -0.4 is 15.4 Å². The number of ether oxygens (including phenoxy) is 3. The third-order valence-electron chi connectivity index (χ3n) is 6.65. The van der Waals surface area contributed by atoms with E-state index < -0.39 is 41.7 Å². The van der Waals surface area contributed by atoms with E-state index in [2.05, 4.69) is 10.6 Å². The molecule has 11 heteroatoms. The molecule has 9 nitrogen and oxygen atoms in total. The zero-order valence-electron chi connectivity index (χ0n) is 22.6. The third-order valence-corrected chi connectivity index (χ3v) is 7.32. The molecule has 4 rings (SSSR count). The van der Waals surface area contributed by atoms with Gasteiger partial charge in [-0.25, -0.2) is 14.1 Å². The molecule has 2 unspecified atom stereocenters. The van der Waals surface area contributed by atoms with Crippen LogP contribution in [0.1, 0.15) is 30.0 Å². The minimum absolute atomic E-state index is 0.0380. The molecule has 3 aromatic carbocycles. The zero-order chi connectivity index (χ0) is 29.4. The van der Waals surface area contributed by atoms with Gasteiger partial charge in [-0.1, -0.05) is 49.4 Å². The van der Waals surface area contributed by atoms with Gasteiger partial charge in [0.15, 0.2) is 0 Å². The van der Waals surface area contributed by atoms with Gasteiger partial charge in [-0.05, 0) is 64.0 Å². The van der Waals surface area contributed by atoms with Crippen molar-refractivity contribution < 1.29 is 33.0 Å². The predicted octanol–water partition coefficient (Wildman–Crippen LogP) is 4.88. The molecule has 1 aliphatic heterocycles. The first kappa shape index (κ1) is 30.4. The van der Waals surface area contributed by atoms with E-state index in [1.165, 1.54) is 12.1 Å². The largest absolute Gasteiger partial charge is 0.491 e. The number of imide groups is 1. The molecule has 41 heavy (non-hydrogen) atoms. The molecule has 0 bridgehead atoms.